The Morgan fingerprint density at radius 3 is 3.21 bits per heavy atom. The van der Waals surface area contributed by atoms with Crippen molar-refractivity contribution in [3.63, 3.8) is 0 Å². The number of imidazole rings is 1. The van der Waals surface area contributed by atoms with Crippen molar-refractivity contribution in [2.75, 3.05) is 13.6 Å². The molecule has 2 heterocycles. The zero-order valence-electron chi connectivity index (χ0n) is 8.00. The highest BCUT2D eigenvalue weighted by Gasteiger charge is 2.02. The largest absolute Gasteiger partial charge is 0.319 e. The van der Waals surface area contributed by atoms with Gasteiger partial charge < -0.3 is 9.72 Å². The number of hydrogen-bond donors (Lipinski definition) is 1. The van der Waals surface area contributed by atoms with E-state index in [0.717, 1.165) is 29.3 Å². The standard InChI is InChI=1S/C10H12ClN3/c1-12-4-2-10-13-7-9-6-8(11)3-5-14(9)10/h3,5-7,12H,2,4H2,1H3. The average Bonchev–Trinajstić information content (AvgIpc) is 2.57. The second kappa shape index (κ2) is 3.98. The molecule has 0 radical (unpaired) electrons. The predicted octanol–water partition coefficient (Wildman–Crippen LogP) is 1.75. The van der Waals surface area contributed by atoms with Gasteiger partial charge in [0.15, 0.2) is 0 Å². The summed E-state index contributed by atoms with van der Waals surface area (Å²) in [6.45, 7) is 0.932. The van der Waals surface area contributed by atoms with Gasteiger partial charge in [-0.2, -0.15) is 0 Å². The van der Waals surface area contributed by atoms with Crippen LogP contribution in [0.25, 0.3) is 5.52 Å². The summed E-state index contributed by atoms with van der Waals surface area (Å²) < 4.78 is 2.06. The minimum atomic E-state index is 0.748. The van der Waals surface area contributed by atoms with Gasteiger partial charge in [0.05, 0.1) is 11.7 Å². The highest BCUT2D eigenvalue weighted by Crippen LogP contribution is 2.13. The van der Waals surface area contributed by atoms with E-state index >= 15 is 0 Å². The van der Waals surface area contributed by atoms with Crippen LogP contribution in [0, 0.1) is 0 Å². The van der Waals surface area contributed by atoms with Crippen LogP contribution >= 0.6 is 11.6 Å². The van der Waals surface area contributed by atoms with Crippen LogP contribution in [0.4, 0.5) is 0 Å². The van der Waals surface area contributed by atoms with Gasteiger partial charge in [0.1, 0.15) is 5.82 Å². The maximum Gasteiger partial charge on any atom is 0.114 e. The molecular weight excluding hydrogens is 198 g/mol. The summed E-state index contributed by atoms with van der Waals surface area (Å²) in [5.74, 6) is 1.06. The van der Waals surface area contributed by atoms with Crippen molar-refractivity contribution in [2.24, 2.45) is 0 Å². The first kappa shape index (κ1) is 9.49. The van der Waals surface area contributed by atoms with Crippen molar-refractivity contribution in [3.8, 4) is 0 Å². The van der Waals surface area contributed by atoms with Gasteiger partial charge in [0, 0.05) is 24.2 Å². The minimum absolute atomic E-state index is 0.748. The lowest BCUT2D eigenvalue weighted by Gasteiger charge is -2.00. The molecule has 4 heteroatoms. The lowest BCUT2D eigenvalue weighted by atomic mass is 10.4. The van der Waals surface area contributed by atoms with Crippen molar-refractivity contribution < 1.29 is 0 Å². The van der Waals surface area contributed by atoms with E-state index in [1.54, 1.807) is 0 Å². The first-order chi connectivity index (χ1) is 6.81. The van der Waals surface area contributed by atoms with Crippen LogP contribution in [0.15, 0.2) is 24.5 Å². The maximum atomic E-state index is 5.88. The Morgan fingerprint density at radius 2 is 2.43 bits per heavy atom. The van der Waals surface area contributed by atoms with Crippen LogP contribution in [-0.4, -0.2) is 23.0 Å². The van der Waals surface area contributed by atoms with Crippen molar-refractivity contribution in [3.05, 3.63) is 35.4 Å². The van der Waals surface area contributed by atoms with Crippen molar-refractivity contribution in [2.45, 2.75) is 6.42 Å². The van der Waals surface area contributed by atoms with Crippen LogP contribution in [-0.2, 0) is 6.42 Å². The fourth-order valence-corrected chi connectivity index (χ4v) is 1.62. The summed E-state index contributed by atoms with van der Waals surface area (Å²) in [7, 11) is 1.94. The highest BCUT2D eigenvalue weighted by atomic mass is 35.5. The van der Waals surface area contributed by atoms with Gasteiger partial charge in [-0.15, -0.1) is 0 Å². The lowest BCUT2D eigenvalue weighted by molar-refractivity contribution is 0.753. The lowest BCUT2D eigenvalue weighted by Crippen LogP contribution is -2.12. The van der Waals surface area contributed by atoms with E-state index in [2.05, 4.69) is 14.7 Å². The molecule has 2 rings (SSSR count). The van der Waals surface area contributed by atoms with E-state index in [9.17, 15) is 0 Å². The molecule has 1 N–H and O–H groups in total. The SMILES string of the molecule is CNCCc1ncc2cc(Cl)ccn12. The van der Waals surface area contributed by atoms with E-state index in [1.807, 2.05) is 31.6 Å². The molecule has 2 aromatic rings. The third-order valence-corrected chi connectivity index (χ3v) is 2.40. The summed E-state index contributed by atoms with van der Waals surface area (Å²) in [4.78, 5) is 4.34. The smallest absolute Gasteiger partial charge is 0.114 e. The van der Waals surface area contributed by atoms with Crippen molar-refractivity contribution in [1.82, 2.24) is 14.7 Å². The topological polar surface area (TPSA) is 29.3 Å². The number of rotatable bonds is 3. The Balaban J connectivity index is 2.37. The number of hydrogen-bond acceptors (Lipinski definition) is 2. The molecule has 3 nitrogen and oxygen atoms in total. The van der Waals surface area contributed by atoms with Crippen LogP contribution in [0.1, 0.15) is 5.82 Å². The molecule has 74 valence electrons. The predicted molar refractivity (Wildman–Crippen MR) is 57.8 cm³/mol. The molecule has 0 unspecified atom stereocenters. The summed E-state index contributed by atoms with van der Waals surface area (Å²) in [5.41, 5.74) is 1.05. The first-order valence-electron chi connectivity index (χ1n) is 4.57. The molecule has 0 fully saturated rings. The number of fused-ring (bicyclic) bond motifs is 1. The first-order valence-corrected chi connectivity index (χ1v) is 4.95. The Morgan fingerprint density at radius 1 is 1.57 bits per heavy atom. The Kier molecular flexibility index (Phi) is 2.70. The van der Waals surface area contributed by atoms with Crippen LogP contribution in [0.3, 0.4) is 0 Å². The second-order valence-corrected chi connectivity index (χ2v) is 3.60. The third kappa shape index (κ3) is 1.74. The number of likely N-dealkylation sites (N-methyl/N-ethyl adjacent to an activating group) is 1. The molecule has 0 bridgehead atoms. The van der Waals surface area contributed by atoms with Crippen molar-refractivity contribution >= 4 is 17.1 Å². The molecule has 14 heavy (non-hydrogen) atoms. The fourth-order valence-electron chi connectivity index (χ4n) is 1.45. The molecule has 0 spiro atoms. The molecule has 0 saturated carbocycles. The van der Waals surface area contributed by atoms with E-state index < -0.39 is 0 Å². The maximum absolute atomic E-state index is 5.88. The number of pyridine rings is 1. The quantitative estimate of drug-likeness (QED) is 0.835. The number of nitrogens with zero attached hydrogens (tertiary/aromatic N) is 2. The number of aromatic nitrogens is 2. The molecule has 0 saturated heterocycles. The van der Waals surface area contributed by atoms with E-state index in [1.165, 1.54) is 0 Å². The van der Waals surface area contributed by atoms with Gasteiger partial charge in [-0.3, -0.25) is 0 Å². The Bertz CT molecular complexity index is 436. The second-order valence-electron chi connectivity index (χ2n) is 3.17. The summed E-state index contributed by atoms with van der Waals surface area (Å²) in [6, 6.07) is 3.79. The fraction of sp³-hybridized carbons (Fsp3) is 0.300. The zero-order valence-corrected chi connectivity index (χ0v) is 8.75. The molecule has 0 aliphatic heterocycles. The van der Waals surface area contributed by atoms with E-state index in [0.29, 0.717) is 0 Å². The normalized spacial score (nSPS) is 11.0. The number of nitrogens with one attached hydrogen (secondary N) is 1. The number of halogens is 1. The monoisotopic (exact) mass is 209 g/mol. The Hall–Kier alpha value is -1.06. The van der Waals surface area contributed by atoms with Gasteiger partial charge in [0.2, 0.25) is 0 Å². The molecule has 0 amide bonds. The van der Waals surface area contributed by atoms with Gasteiger partial charge in [-0.05, 0) is 19.2 Å². The van der Waals surface area contributed by atoms with Crippen molar-refractivity contribution in [1.29, 1.82) is 0 Å². The zero-order chi connectivity index (χ0) is 9.97. The molecule has 0 atom stereocenters. The minimum Gasteiger partial charge on any atom is -0.319 e. The molecule has 0 aliphatic rings. The highest BCUT2D eigenvalue weighted by molar-refractivity contribution is 6.30. The van der Waals surface area contributed by atoms with Gasteiger partial charge in [-0.25, -0.2) is 4.98 Å². The summed E-state index contributed by atoms with van der Waals surface area (Å²) in [5, 5.41) is 3.85. The van der Waals surface area contributed by atoms with Crippen LogP contribution in [0.2, 0.25) is 5.02 Å². The molecular formula is C10H12ClN3. The van der Waals surface area contributed by atoms with Gasteiger partial charge in [0.25, 0.3) is 0 Å². The van der Waals surface area contributed by atoms with Crippen LogP contribution in [0.5, 0.6) is 0 Å². The van der Waals surface area contributed by atoms with Gasteiger partial charge in [-0.1, -0.05) is 11.6 Å². The van der Waals surface area contributed by atoms with Crippen LogP contribution < -0.4 is 5.32 Å². The Labute approximate surface area is 87.7 Å². The van der Waals surface area contributed by atoms with E-state index in [-0.39, 0.29) is 0 Å². The van der Waals surface area contributed by atoms with E-state index in [4.69, 9.17) is 11.6 Å². The molecule has 2 aromatic heterocycles. The molecule has 0 aliphatic carbocycles. The third-order valence-electron chi connectivity index (χ3n) is 2.17. The summed E-state index contributed by atoms with van der Waals surface area (Å²) in [6.07, 6.45) is 4.72. The average molecular weight is 210 g/mol. The van der Waals surface area contributed by atoms with Gasteiger partial charge >= 0.3 is 0 Å². The summed E-state index contributed by atoms with van der Waals surface area (Å²) >= 11 is 5.88. The molecule has 0 aromatic carbocycles.